The standard InChI is InChI=1S/C13H19F2N3/c1-17(2)3-4-18-8-11-10(13(18)7-16)5-9(14)6-12(11)15/h5-6,13H,3-4,7-8,16H2,1-2H3. The van der Waals surface area contributed by atoms with Crippen molar-refractivity contribution in [2.75, 3.05) is 33.7 Å². The van der Waals surface area contributed by atoms with Gasteiger partial charge in [0.1, 0.15) is 11.6 Å². The van der Waals surface area contributed by atoms with Crippen molar-refractivity contribution < 1.29 is 8.78 Å². The largest absolute Gasteiger partial charge is 0.329 e. The molecule has 0 aromatic heterocycles. The molecule has 1 heterocycles. The fourth-order valence-corrected chi connectivity index (χ4v) is 2.44. The summed E-state index contributed by atoms with van der Waals surface area (Å²) in [6.45, 7) is 2.56. The molecular formula is C13H19F2N3. The number of hydrogen-bond acceptors (Lipinski definition) is 3. The second-order valence-electron chi connectivity index (χ2n) is 4.98. The first-order valence-corrected chi connectivity index (χ1v) is 6.09. The molecule has 1 aliphatic rings. The van der Waals surface area contributed by atoms with Crippen molar-refractivity contribution in [3.05, 3.63) is 34.9 Å². The van der Waals surface area contributed by atoms with Crippen molar-refractivity contribution in [3.8, 4) is 0 Å². The summed E-state index contributed by atoms with van der Waals surface area (Å²) in [6.07, 6.45) is 0. The quantitative estimate of drug-likeness (QED) is 0.881. The van der Waals surface area contributed by atoms with Crippen LogP contribution < -0.4 is 5.73 Å². The van der Waals surface area contributed by atoms with Crippen LogP contribution in [0.2, 0.25) is 0 Å². The van der Waals surface area contributed by atoms with E-state index in [0.717, 1.165) is 19.2 Å². The number of halogens is 2. The third-order valence-corrected chi connectivity index (χ3v) is 3.41. The van der Waals surface area contributed by atoms with Crippen molar-refractivity contribution in [2.45, 2.75) is 12.6 Å². The number of hydrogen-bond donors (Lipinski definition) is 1. The van der Waals surface area contributed by atoms with E-state index < -0.39 is 11.6 Å². The van der Waals surface area contributed by atoms with E-state index in [2.05, 4.69) is 9.80 Å². The Bertz CT molecular complexity index is 434. The van der Waals surface area contributed by atoms with E-state index in [0.29, 0.717) is 24.2 Å². The van der Waals surface area contributed by atoms with E-state index in [4.69, 9.17) is 5.73 Å². The van der Waals surface area contributed by atoms with Crippen molar-refractivity contribution in [1.82, 2.24) is 9.80 Å². The molecule has 5 heteroatoms. The molecule has 1 atom stereocenters. The van der Waals surface area contributed by atoms with E-state index in [9.17, 15) is 8.78 Å². The Hall–Kier alpha value is -1.04. The van der Waals surface area contributed by atoms with Crippen molar-refractivity contribution in [2.24, 2.45) is 5.73 Å². The molecule has 1 aromatic carbocycles. The van der Waals surface area contributed by atoms with Crippen LogP contribution in [-0.4, -0.2) is 43.5 Å². The van der Waals surface area contributed by atoms with Gasteiger partial charge in [0, 0.05) is 43.9 Å². The van der Waals surface area contributed by atoms with Crippen LogP contribution in [0, 0.1) is 11.6 Å². The molecule has 100 valence electrons. The smallest absolute Gasteiger partial charge is 0.130 e. The zero-order valence-corrected chi connectivity index (χ0v) is 10.8. The summed E-state index contributed by atoms with van der Waals surface area (Å²) in [4.78, 5) is 4.17. The Morgan fingerprint density at radius 2 is 2.11 bits per heavy atom. The number of nitrogens with zero attached hydrogens (tertiary/aromatic N) is 2. The first-order valence-electron chi connectivity index (χ1n) is 6.09. The molecule has 0 amide bonds. The summed E-state index contributed by atoms with van der Waals surface area (Å²) in [5.41, 5.74) is 7.04. The SMILES string of the molecule is CN(C)CCN1Cc2c(F)cc(F)cc2C1CN. The maximum atomic E-state index is 13.7. The molecule has 0 radical (unpaired) electrons. The minimum absolute atomic E-state index is 0.0786. The highest BCUT2D eigenvalue weighted by molar-refractivity contribution is 5.36. The highest BCUT2D eigenvalue weighted by Crippen LogP contribution is 2.34. The van der Waals surface area contributed by atoms with Gasteiger partial charge in [-0.2, -0.15) is 0 Å². The molecule has 1 unspecified atom stereocenters. The number of fused-ring (bicyclic) bond motifs is 1. The van der Waals surface area contributed by atoms with Crippen LogP contribution in [0.3, 0.4) is 0 Å². The summed E-state index contributed by atoms with van der Waals surface area (Å²) >= 11 is 0. The second kappa shape index (κ2) is 5.30. The van der Waals surface area contributed by atoms with Gasteiger partial charge in [-0.25, -0.2) is 8.78 Å². The molecular weight excluding hydrogens is 236 g/mol. The highest BCUT2D eigenvalue weighted by atomic mass is 19.1. The molecule has 0 saturated carbocycles. The zero-order valence-electron chi connectivity index (χ0n) is 10.8. The molecule has 18 heavy (non-hydrogen) atoms. The molecule has 0 saturated heterocycles. The lowest BCUT2D eigenvalue weighted by molar-refractivity contribution is 0.196. The van der Waals surface area contributed by atoms with Crippen molar-refractivity contribution in [1.29, 1.82) is 0 Å². The van der Waals surface area contributed by atoms with Gasteiger partial charge in [-0.3, -0.25) is 4.90 Å². The topological polar surface area (TPSA) is 32.5 Å². The monoisotopic (exact) mass is 255 g/mol. The lowest BCUT2D eigenvalue weighted by atomic mass is 10.0. The molecule has 0 bridgehead atoms. The minimum atomic E-state index is -0.529. The van der Waals surface area contributed by atoms with Crippen LogP contribution in [-0.2, 0) is 6.54 Å². The van der Waals surface area contributed by atoms with Gasteiger partial charge in [0.05, 0.1) is 0 Å². The predicted molar refractivity (Wildman–Crippen MR) is 67.1 cm³/mol. The minimum Gasteiger partial charge on any atom is -0.329 e. The maximum absolute atomic E-state index is 13.7. The Labute approximate surface area is 106 Å². The lowest BCUT2D eigenvalue weighted by Gasteiger charge is -2.25. The number of rotatable bonds is 4. The molecule has 3 nitrogen and oxygen atoms in total. The zero-order chi connectivity index (χ0) is 13.3. The molecule has 0 aliphatic carbocycles. The summed E-state index contributed by atoms with van der Waals surface area (Å²) in [5, 5.41) is 0. The third kappa shape index (κ3) is 2.53. The van der Waals surface area contributed by atoms with Crippen LogP contribution in [0.15, 0.2) is 12.1 Å². The summed E-state index contributed by atoms with van der Waals surface area (Å²) in [5.74, 6) is -0.991. The van der Waals surface area contributed by atoms with Gasteiger partial charge in [-0.05, 0) is 25.7 Å². The number of benzene rings is 1. The Balaban J connectivity index is 2.23. The molecule has 2 rings (SSSR count). The molecule has 2 N–H and O–H groups in total. The van der Waals surface area contributed by atoms with Crippen LogP contribution in [0.4, 0.5) is 8.78 Å². The molecule has 0 spiro atoms. The number of likely N-dealkylation sites (N-methyl/N-ethyl adjacent to an activating group) is 1. The van der Waals surface area contributed by atoms with Gasteiger partial charge in [0.2, 0.25) is 0 Å². The van der Waals surface area contributed by atoms with Crippen LogP contribution in [0.1, 0.15) is 17.2 Å². The maximum Gasteiger partial charge on any atom is 0.130 e. The van der Waals surface area contributed by atoms with Gasteiger partial charge in [0.15, 0.2) is 0 Å². The van der Waals surface area contributed by atoms with E-state index in [1.807, 2.05) is 14.1 Å². The fraction of sp³-hybridized carbons (Fsp3) is 0.538. The van der Waals surface area contributed by atoms with Crippen LogP contribution >= 0.6 is 0 Å². The summed E-state index contributed by atoms with van der Waals surface area (Å²) < 4.78 is 27.0. The highest BCUT2D eigenvalue weighted by Gasteiger charge is 2.31. The van der Waals surface area contributed by atoms with Crippen molar-refractivity contribution in [3.63, 3.8) is 0 Å². The molecule has 1 aliphatic heterocycles. The average molecular weight is 255 g/mol. The second-order valence-corrected chi connectivity index (χ2v) is 4.98. The fourth-order valence-electron chi connectivity index (χ4n) is 2.44. The van der Waals surface area contributed by atoms with Gasteiger partial charge >= 0.3 is 0 Å². The first kappa shape index (κ1) is 13.4. The van der Waals surface area contributed by atoms with Gasteiger partial charge in [-0.15, -0.1) is 0 Å². The molecule has 0 fully saturated rings. The third-order valence-electron chi connectivity index (χ3n) is 3.41. The van der Waals surface area contributed by atoms with E-state index >= 15 is 0 Å². The normalized spacial score (nSPS) is 19.6. The molecule has 1 aromatic rings. The Morgan fingerprint density at radius 1 is 1.39 bits per heavy atom. The lowest BCUT2D eigenvalue weighted by Crippen LogP contribution is -2.33. The first-order chi connectivity index (χ1) is 8.52. The Morgan fingerprint density at radius 3 is 2.72 bits per heavy atom. The van der Waals surface area contributed by atoms with Crippen LogP contribution in [0.5, 0.6) is 0 Å². The van der Waals surface area contributed by atoms with Gasteiger partial charge in [-0.1, -0.05) is 0 Å². The van der Waals surface area contributed by atoms with Crippen LogP contribution in [0.25, 0.3) is 0 Å². The van der Waals surface area contributed by atoms with E-state index in [-0.39, 0.29) is 6.04 Å². The van der Waals surface area contributed by atoms with Crippen molar-refractivity contribution >= 4 is 0 Å². The van der Waals surface area contributed by atoms with E-state index in [1.165, 1.54) is 6.07 Å². The van der Waals surface area contributed by atoms with Gasteiger partial charge in [0.25, 0.3) is 0 Å². The van der Waals surface area contributed by atoms with Gasteiger partial charge < -0.3 is 10.6 Å². The number of nitrogens with two attached hydrogens (primary N) is 1. The Kier molecular flexibility index (Phi) is 3.94. The summed E-state index contributed by atoms with van der Waals surface area (Å²) in [7, 11) is 3.97. The summed E-state index contributed by atoms with van der Waals surface area (Å²) in [6, 6.07) is 2.28. The van der Waals surface area contributed by atoms with E-state index in [1.54, 1.807) is 0 Å². The predicted octanol–water partition coefficient (Wildman–Crippen LogP) is 1.34. The average Bonchev–Trinajstić information content (AvgIpc) is 2.64.